The van der Waals surface area contributed by atoms with Crippen LogP contribution in [0.5, 0.6) is 0 Å². The van der Waals surface area contributed by atoms with E-state index in [1.54, 1.807) is 0 Å². The zero-order valence-corrected chi connectivity index (χ0v) is 11.5. The van der Waals surface area contributed by atoms with Crippen LogP contribution in [0.3, 0.4) is 0 Å². The molecule has 108 valence electrons. The Morgan fingerprint density at radius 3 is 2.95 bits per heavy atom. The number of hydrogen-bond donors (Lipinski definition) is 3. The average molecular weight is 268 g/mol. The maximum atomic E-state index is 12.2. The van der Waals surface area contributed by atoms with Crippen molar-refractivity contribution >= 4 is 11.7 Å². The third kappa shape index (κ3) is 3.00. The van der Waals surface area contributed by atoms with Crippen LogP contribution in [0, 0.1) is 5.92 Å². The molecule has 0 aliphatic carbocycles. The van der Waals surface area contributed by atoms with Gasteiger partial charge in [-0.15, -0.1) is 0 Å². The highest BCUT2D eigenvalue weighted by molar-refractivity contribution is 6.02. The van der Waals surface area contributed by atoms with E-state index in [9.17, 15) is 4.79 Å². The lowest BCUT2D eigenvalue weighted by Gasteiger charge is -2.33. The number of carbonyl (C=O) groups is 1. The predicted octanol–water partition coefficient (Wildman–Crippen LogP) is 0.502. The van der Waals surface area contributed by atoms with E-state index < -0.39 is 5.92 Å². The van der Waals surface area contributed by atoms with Gasteiger partial charge in [-0.1, -0.05) is 18.5 Å². The first-order valence-electron chi connectivity index (χ1n) is 7.19. The molecule has 6 heteroatoms. The Labute approximate surface area is 114 Å². The number of hydrogen-bond acceptors (Lipinski definition) is 4. The maximum Gasteiger partial charge on any atom is 0.231 e. The van der Waals surface area contributed by atoms with Crippen molar-refractivity contribution in [3.05, 3.63) is 0 Å². The van der Waals surface area contributed by atoms with E-state index in [1.165, 1.54) is 12.8 Å². The highest BCUT2D eigenvalue weighted by Gasteiger charge is 2.37. The minimum Gasteiger partial charge on any atom is -0.409 e. The molecule has 2 aliphatic rings. The number of piperidine rings is 1. The minimum atomic E-state index is -0.525. The van der Waals surface area contributed by atoms with E-state index in [4.69, 9.17) is 10.9 Å². The van der Waals surface area contributed by atoms with E-state index in [0.29, 0.717) is 12.5 Å². The van der Waals surface area contributed by atoms with E-state index >= 15 is 0 Å². The summed E-state index contributed by atoms with van der Waals surface area (Å²) in [7, 11) is 0. The predicted molar refractivity (Wildman–Crippen MR) is 72.9 cm³/mol. The molecular formula is C13H24N4O2. The smallest absolute Gasteiger partial charge is 0.231 e. The Bertz CT molecular complexity index is 359. The topological polar surface area (TPSA) is 91.0 Å². The van der Waals surface area contributed by atoms with Crippen LogP contribution in [0.4, 0.5) is 0 Å². The van der Waals surface area contributed by atoms with Crippen LogP contribution in [0.2, 0.25) is 0 Å². The summed E-state index contributed by atoms with van der Waals surface area (Å²) >= 11 is 0. The molecule has 3 unspecified atom stereocenters. The second-order valence-corrected chi connectivity index (χ2v) is 5.49. The third-order valence-electron chi connectivity index (χ3n) is 4.38. The van der Waals surface area contributed by atoms with Crippen molar-refractivity contribution in [1.29, 1.82) is 0 Å². The third-order valence-corrected chi connectivity index (χ3v) is 4.38. The number of nitrogens with zero attached hydrogens (tertiary/aromatic N) is 2. The Hall–Kier alpha value is -1.30. The molecule has 19 heavy (non-hydrogen) atoms. The van der Waals surface area contributed by atoms with Crippen LogP contribution < -0.4 is 11.1 Å². The second-order valence-electron chi connectivity index (χ2n) is 5.49. The minimum absolute atomic E-state index is 0.00139. The van der Waals surface area contributed by atoms with Crippen molar-refractivity contribution in [2.45, 2.75) is 51.1 Å². The molecule has 0 spiro atoms. The maximum absolute atomic E-state index is 12.2. The van der Waals surface area contributed by atoms with Gasteiger partial charge in [-0.2, -0.15) is 0 Å². The first-order chi connectivity index (χ1) is 9.17. The molecule has 0 aromatic rings. The fraction of sp³-hybridized carbons (Fsp3) is 0.846. The van der Waals surface area contributed by atoms with Gasteiger partial charge < -0.3 is 16.3 Å². The molecule has 6 nitrogen and oxygen atoms in total. The summed E-state index contributed by atoms with van der Waals surface area (Å²) in [5.74, 6) is -0.642. The Balaban J connectivity index is 1.95. The number of amides is 1. The number of amidine groups is 1. The summed E-state index contributed by atoms with van der Waals surface area (Å²) in [4.78, 5) is 14.7. The molecule has 2 aliphatic heterocycles. The Morgan fingerprint density at radius 1 is 1.47 bits per heavy atom. The van der Waals surface area contributed by atoms with E-state index in [2.05, 4.69) is 15.4 Å². The van der Waals surface area contributed by atoms with Crippen molar-refractivity contribution < 1.29 is 10.0 Å². The van der Waals surface area contributed by atoms with Gasteiger partial charge in [0.05, 0.1) is 5.92 Å². The van der Waals surface area contributed by atoms with Gasteiger partial charge in [0.1, 0.15) is 0 Å². The number of fused-ring (bicyclic) bond motifs is 1. The van der Waals surface area contributed by atoms with E-state index in [0.717, 1.165) is 25.9 Å². The van der Waals surface area contributed by atoms with Crippen LogP contribution in [0.15, 0.2) is 5.16 Å². The summed E-state index contributed by atoms with van der Waals surface area (Å²) in [6.45, 7) is 4.08. The zero-order valence-electron chi connectivity index (χ0n) is 11.5. The van der Waals surface area contributed by atoms with Gasteiger partial charge >= 0.3 is 0 Å². The molecule has 2 rings (SSSR count). The van der Waals surface area contributed by atoms with Crippen LogP contribution in [-0.4, -0.2) is 47.0 Å². The summed E-state index contributed by atoms with van der Waals surface area (Å²) in [6, 6.07) is 0.691. The standard InChI is InChI=1S/C13H24N4O2/c1-2-9(12(14)16-19)13(18)15-10-6-8-17-7-4-3-5-11(10)17/h9-11,19H,2-8H2,1H3,(H2,14,16)(H,15,18). The lowest BCUT2D eigenvalue weighted by molar-refractivity contribution is -0.124. The van der Waals surface area contributed by atoms with Gasteiger partial charge in [0.25, 0.3) is 0 Å². The quantitative estimate of drug-likeness (QED) is 0.300. The van der Waals surface area contributed by atoms with Gasteiger partial charge in [-0.25, -0.2) is 0 Å². The summed E-state index contributed by atoms with van der Waals surface area (Å²) in [5.41, 5.74) is 5.56. The number of rotatable bonds is 4. The molecule has 0 aromatic heterocycles. The highest BCUT2D eigenvalue weighted by Crippen LogP contribution is 2.27. The van der Waals surface area contributed by atoms with Crippen LogP contribution in [-0.2, 0) is 4.79 Å². The van der Waals surface area contributed by atoms with Gasteiger partial charge in [-0.3, -0.25) is 9.69 Å². The molecule has 4 N–H and O–H groups in total. The van der Waals surface area contributed by atoms with E-state index in [1.807, 2.05) is 6.92 Å². The van der Waals surface area contributed by atoms with Crippen molar-refractivity contribution in [1.82, 2.24) is 10.2 Å². The van der Waals surface area contributed by atoms with Crippen molar-refractivity contribution in [2.75, 3.05) is 13.1 Å². The first-order valence-corrected chi connectivity index (χ1v) is 7.19. The first kappa shape index (κ1) is 14.1. The summed E-state index contributed by atoms with van der Waals surface area (Å²) in [5, 5.41) is 14.8. The Morgan fingerprint density at radius 2 is 2.26 bits per heavy atom. The molecule has 1 amide bonds. The monoisotopic (exact) mass is 268 g/mol. The van der Waals surface area contributed by atoms with Crippen molar-refractivity contribution in [3.63, 3.8) is 0 Å². The summed E-state index contributed by atoms with van der Waals surface area (Å²) < 4.78 is 0. The molecule has 2 fully saturated rings. The van der Waals surface area contributed by atoms with Crippen LogP contribution in [0.1, 0.15) is 39.0 Å². The number of nitrogens with two attached hydrogens (primary N) is 1. The number of oxime groups is 1. The molecular weight excluding hydrogens is 244 g/mol. The normalized spacial score (nSPS) is 29.8. The lowest BCUT2D eigenvalue weighted by atomic mass is 9.97. The number of nitrogens with one attached hydrogen (secondary N) is 1. The Kier molecular flexibility index (Phi) is 4.63. The van der Waals surface area contributed by atoms with Gasteiger partial charge in [-0.05, 0) is 32.2 Å². The van der Waals surface area contributed by atoms with Crippen LogP contribution in [0.25, 0.3) is 0 Å². The fourth-order valence-corrected chi connectivity index (χ4v) is 3.30. The second kappa shape index (κ2) is 6.23. The molecule has 3 atom stereocenters. The fourth-order valence-electron chi connectivity index (χ4n) is 3.30. The zero-order chi connectivity index (χ0) is 13.8. The summed E-state index contributed by atoms with van der Waals surface area (Å²) in [6.07, 6.45) is 5.21. The van der Waals surface area contributed by atoms with Gasteiger partial charge in [0.2, 0.25) is 5.91 Å². The average Bonchev–Trinajstić information content (AvgIpc) is 2.83. The van der Waals surface area contributed by atoms with Crippen molar-refractivity contribution in [3.8, 4) is 0 Å². The largest absolute Gasteiger partial charge is 0.409 e. The van der Waals surface area contributed by atoms with Gasteiger partial charge in [0.15, 0.2) is 5.84 Å². The molecule has 0 saturated carbocycles. The molecule has 0 radical (unpaired) electrons. The molecule has 0 bridgehead atoms. The highest BCUT2D eigenvalue weighted by atomic mass is 16.4. The number of carbonyl (C=O) groups excluding carboxylic acids is 1. The molecule has 2 saturated heterocycles. The molecule has 0 aromatic carbocycles. The lowest BCUT2D eigenvalue weighted by Crippen LogP contribution is -2.49. The van der Waals surface area contributed by atoms with Crippen LogP contribution >= 0.6 is 0 Å². The van der Waals surface area contributed by atoms with Crippen molar-refractivity contribution in [2.24, 2.45) is 16.8 Å². The SMILES string of the molecule is CCC(C(=O)NC1CCN2CCCCC12)C(N)=NO. The molecule has 2 heterocycles. The van der Waals surface area contributed by atoms with E-state index in [-0.39, 0.29) is 17.8 Å². The van der Waals surface area contributed by atoms with Gasteiger partial charge in [0, 0.05) is 18.6 Å².